The number of methoxy groups -OCH3 is 1. The number of nitrogens with zero attached hydrogens (tertiary/aromatic N) is 3. The van der Waals surface area contributed by atoms with Crippen molar-refractivity contribution in [3.63, 3.8) is 0 Å². The zero-order valence-electron chi connectivity index (χ0n) is 13.3. The van der Waals surface area contributed by atoms with E-state index >= 15 is 0 Å². The summed E-state index contributed by atoms with van der Waals surface area (Å²) in [7, 11) is 1.35. The van der Waals surface area contributed by atoms with Crippen LogP contribution in [0.25, 0.3) is 11.4 Å². The molecule has 3 aromatic rings. The predicted octanol–water partition coefficient (Wildman–Crippen LogP) is 2.88. The molecule has 0 radical (unpaired) electrons. The SMILES string of the molecule is COC(=O)c1ccc(CSc2nnc(-c3ccc(F)cc3)n2N)cc1. The topological polar surface area (TPSA) is 83.0 Å². The lowest BCUT2D eigenvalue weighted by atomic mass is 10.1. The summed E-state index contributed by atoms with van der Waals surface area (Å²) in [4.78, 5) is 11.4. The molecule has 2 N–H and O–H groups in total. The first kappa shape index (κ1) is 17.0. The summed E-state index contributed by atoms with van der Waals surface area (Å²) in [6, 6.07) is 13.0. The van der Waals surface area contributed by atoms with Crippen molar-refractivity contribution in [1.82, 2.24) is 14.9 Å². The zero-order valence-corrected chi connectivity index (χ0v) is 14.2. The fourth-order valence-electron chi connectivity index (χ4n) is 2.17. The summed E-state index contributed by atoms with van der Waals surface area (Å²) in [5, 5.41) is 8.67. The summed E-state index contributed by atoms with van der Waals surface area (Å²) in [5.41, 5.74) is 2.19. The van der Waals surface area contributed by atoms with Crippen molar-refractivity contribution in [3.8, 4) is 11.4 Å². The van der Waals surface area contributed by atoms with Crippen LogP contribution in [0.2, 0.25) is 0 Å². The molecule has 6 nitrogen and oxygen atoms in total. The van der Waals surface area contributed by atoms with Gasteiger partial charge in [-0.15, -0.1) is 10.2 Å². The number of carbonyl (C=O) groups is 1. The van der Waals surface area contributed by atoms with E-state index in [9.17, 15) is 9.18 Å². The van der Waals surface area contributed by atoms with E-state index in [0.29, 0.717) is 27.9 Å². The van der Waals surface area contributed by atoms with E-state index in [0.717, 1.165) is 5.56 Å². The average molecular weight is 358 g/mol. The number of hydrogen-bond donors (Lipinski definition) is 1. The zero-order chi connectivity index (χ0) is 17.8. The van der Waals surface area contributed by atoms with Gasteiger partial charge in [-0.3, -0.25) is 0 Å². The molecule has 2 aromatic carbocycles. The molecule has 0 saturated heterocycles. The number of ether oxygens (including phenoxy) is 1. The van der Waals surface area contributed by atoms with Crippen molar-refractivity contribution in [1.29, 1.82) is 0 Å². The lowest BCUT2D eigenvalue weighted by Gasteiger charge is -2.05. The minimum Gasteiger partial charge on any atom is -0.465 e. The van der Waals surface area contributed by atoms with Gasteiger partial charge in [0.1, 0.15) is 5.82 Å². The Morgan fingerprint density at radius 2 is 1.84 bits per heavy atom. The maximum atomic E-state index is 13.0. The van der Waals surface area contributed by atoms with Crippen LogP contribution in [-0.2, 0) is 10.5 Å². The Morgan fingerprint density at radius 3 is 2.48 bits per heavy atom. The van der Waals surface area contributed by atoms with Gasteiger partial charge in [-0.05, 0) is 42.0 Å². The van der Waals surface area contributed by atoms with Crippen LogP contribution in [0.1, 0.15) is 15.9 Å². The number of nitrogen functional groups attached to an aromatic ring is 1. The molecule has 0 saturated carbocycles. The van der Waals surface area contributed by atoms with Crippen molar-refractivity contribution in [2.75, 3.05) is 13.0 Å². The summed E-state index contributed by atoms with van der Waals surface area (Å²) in [6.45, 7) is 0. The van der Waals surface area contributed by atoms with Gasteiger partial charge in [-0.2, -0.15) is 0 Å². The molecule has 1 heterocycles. The van der Waals surface area contributed by atoms with Gasteiger partial charge in [0, 0.05) is 11.3 Å². The lowest BCUT2D eigenvalue weighted by Crippen LogP contribution is -2.11. The molecule has 0 amide bonds. The van der Waals surface area contributed by atoms with Gasteiger partial charge in [-0.25, -0.2) is 13.9 Å². The van der Waals surface area contributed by atoms with Crippen molar-refractivity contribution in [2.24, 2.45) is 0 Å². The predicted molar refractivity (Wildman–Crippen MR) is 92.9 cm³/mol. The second-order valence-corrected chi connectivity index (χ2v) is 6.10. The van der Waals surface area contributed by atoms with Crippen LogP contribution in [0.5, 0.6) is 0 Å². The Hall–Kier alpha value is -2.87. The van der Waals surface area contributed by atoms with E-state index in [-0.39, 0.29) is 11.8 Å². The Balaban J connectivity index is 1.70. The number of thioether (sulfide) groups is 1. The molecule has 0 aliphatic heterocycles. The number of esters is 1. The molecular formula is C17H15FN4O2S. The number of aromatic nitrogens is 3. The number of nitrogens with two attached hydrogens (primary N) is 1. The highest BCUT2D eigenvalue weighted by Gasteiger charge is 2.12. The molecule has 8 heteroatoms. The van der Waals surface area contributed by atoms with Gasteiger partial charge in [0.25, 0.3) is 0 Å². The van der Waals surface area contributed by atoms with Gasteiger partial charge in [0.2, 0.25) is 5.16 Å². The summed E-state index contributed by atoms with van der Waals surface area (Å²) < 4.78 is 19.1. The maximum Gasteiger partial charge on any atom is 0.337 e. The molecule has 0 aliphatic rings. The van der Waals surface area contributed by atoms with E-state index in [1.807, 2.05) is 12.1 Å². The second-order valence-electron chi connectivity index (χ2n) is 5.16. The monoisotopic (exact) mass is 358 g/mol. The molecule has 0 aliphatic carbocycles. The van der Waals surface area contributed by atoms with Gasteiger partial charge in [0.15, 0.2) is 5.82 Å². The molecule has 128 valence electrons. The molecule has 3 rings (SSSR count). The normalized spacial score (nSPS) is 10.6. The first-order valence-electron chi connectivity index (χ1n) is 7.35. The maximum absolute atomic E-state index is 13.0. The lowest BCUT2D eigenvalue weighted by molar-refractivity contribution is 0.0600. The Kier molecular flexibility index (Phi) is 4.99. The highest BCUT2D eigenvalue weighted by Crippen LogP contribution is 2.24. The molecule has 25 heavy (non-hydrogen) atoms. The van der Waals surface area contributed by atoms with Crippen LogP contribution < -0.4 is 5.84 Å². The van der Waals surface area contributed by atoms with Crippen LogP contribution in [0.4, 0.5) is 4.39 Å². The Bertz CT molecular complexity index is 879. The molecule has 0 atom stereocenters. The van der Waals surface area contributed by atoms with E-state index in [1.54, 1.807) is 24.3 Å². The molecule has 1 aromatic heterocycles. The molecule has 0 fully saturated rings. The Labute approximate surface area is 147 Å². The Morgan fingerprint density at radius 1 is 1.16 bits per heavy atom. The fraction of sp³-hybridized carbons (Fsp3) is 0.118. The van der Waals surface area contributed by atoms with Crippen LogP contribution in [-0.4, -0.2) is 28.0 Å². The van der Waals surface area contributed by atoms with Gasteiger partial charge >= 0.3 is 5.97 Å². The first-order valence-corrected chi connectivity index (χ1v) is 8.33. The molecule has 0 bridgehead atoms. The fourth-order valence-corrected chi connectivity index (χ4v) is 2.99. The summed E-state index contributed by atoms with van der Waals surface area (Å²) in [6.07, 6.45) is 0. The number of benzene rings is 2. The number of halogens is 1. The number of carbonyl (C=O) groups excluding carboxylic acids is 1. The van der Waals surface area contributed by atoms with E-state index in [2.05, 4.69) is 14.9 Å². The number of rotatable bonds is 5. The van der Waals surface area contributed by atoms with Crippen LogP contribution in [0, 0.1) is 5.82 Å². The van der Waals surface area contributed by atoms with Crippen molar-refractivity contribution < 1.29 is 13.9 Å². The van der Waals surface area contributed by atoms with Crippen molar-refractivity contribution in [2.45, 2.75) is 10.9 Å². The molecular weight excluding hydrogens is 343 g/mol. The third-order valence-corrected chi connectivity index (χ3v) is 4.52. The van der Waals surface area contributed by atoms with E-state index < -0.39 is 0 Å². The van der Waals surface area contributed by atoms with E-state index in [1.165, 1.54) is 35.7 Å². The standard InChI is InChI=1S/C17H15FN4O2S/c1-24-16(23)13-4-2-11(3-5-13)10-25-17-21-20-15(22(17)19)12-6-8-14(18)9-7-12/h2-9H,10,19H2,1H3. The van der Waals surface area contributed by atoms with Crippen molar-refractivity contribution in [3.05, 3.63) is 65.5 Å². The second kappa shape index (κ2) is 7.35. The minimum atomic E-state index is -0.371. The highest BCUT2D eigenvalue weighted by atomic mass is 32.2. The third-order valence-electron chi connectivity index (χ3n) is 3.51. The summed E-state index contributed by atoms with van der Waals surface area (Å²) in [5.74, 6) is 6.42. The molecule has 0 spiro atoms. The summed E-state index contributed by atoms with van der Waals surface area (Å²) >= 11 is 1.41. The highest BCUT2D eigenvalue weighted by molar-refractivity contribution is 7.98. The largest absolute Gasteiger partial charge is 0.465 e. The average Bonchev–Trinajstić information content (AvgIpc) is 3.01. The van der Waals surface area contributed by atoms with Crippen molar-refractivity contribution >= 4 is 17.7 Å². The first-order chi connectivity index (χ1) is 12.1. The number of hydrogen-bond acceptors (Lipinski definition) is 6. The van der Waals surface area contributed by atoms with Crippen LogP contribution in [0.3, 0.4) is 0 Å². The van der Waals surface area contributed by atoms with Gasteiger partial charge in [-0.1, -0.05) is 23.9 Å². The van der Waals surface area contributed by atoms with Gasteiger partial charge in [0.05, 0.1) is 12.7 Å². The third kappa shape index (κ3) is 3.80. The molecule has 0 unspecified atom stereocenters. The van der Waals surface area contributed by atoms with Crippen LogP contribution in [0.15, 0.2) is 53.7 Å². The van der Waals surface area contributed by atoms with Gasteiger partial charge < -0.3 is 10.6 Å². The smallest absolute Gasteiger partial charge is 0.337 e. The van der Waals surface area contributed by atoms with Crippen LogP contribution >= 0.6 is 11.8 Å². The minimum absolute atomic E-state index is 0.322. The van der Waals surface area contributed by atoms with E-state index in [4.69, 9.17) is 5.84 Å². The quantitative estimate of drug-likeness (QED) is 0.429.